The predicted molar refractivity (Wildman–Crippen MR) is 209 cm³/mol. The van der Waals surface area contributed by atoms with Crippen LogP contribution in [0, 0.1) is 0 Å². The van der Waals surface area contributed by atoms with Crippen molar-refractivity contribution in [1.29, 1.82) is 0 Å². The fraction of sp³-hybridized carbons (Fsp3) is 0. The van der Waals surface area contributed by atoms with Gasteiger partial charge in [0, 0.05) is 16.7 Å². The van der Waals surface area contributed by atoms with E-state index in [0.29, 0.717) is 17.5 Å². The monoisotopic (exact) mass is 635 g/mol. The smallest absolute Gasteiger partial charge is 0.164 e. The average Bonchev–Trinajstić information content (AvgIpc) is 3.20. The zero-order valence-electron chi connectivity index (χ0n) is 27.1. The van der Waals surface area contributed by atoms with E-state index in [-0.39, 0.29) is 0 Å². The summed E-state index contributed by atoms with van der Waals surface area (Å²) in [5.41, 5.74) is 5.17. The Bertz CT molecular complexity index is 2840. The van der Waals surface area contributed by atoms with Gasteiger partial charge in [-0.2, -0.15) is 0 Å². The largest absolute Gasteiger partial charge is 0.208 e. The molecule has 1 aromatic heterocycles. The summed E-state index contributed by atoms with van der Waals surface area (Å²) in [5.74, 6) is 1.97. The number of benzene rings is 8. The van der Waals surface area contributed by atoms with Crippen molar-refractivity contribution in [3.05, 3.63) is 176 Å². The lowest BCUT2D eigenvalue weighted by Crippen LogP contribution is -2.00. The second-order valence-electron chi connectivity index (χ2n) is 12.8. The van der Waals surface area contributed by atoms with Crippen LogP contribution in [0.5, 0.6) is 0 Å². The molecule has 9 aromatic carbocycles. The summed E-state index contributed by atoms with van der Waals surface area (Å²) in [6, 6.07) is 62.5. The molecule has 10 rings (SSSR count). The van der Waals surface area contributed by atoms with Gasteiger partial charge in [-0.25, -0.2) is 15.0 Å². The van der Waals surface area contributed by atoms with Gasteiger partial charge in [0.2, 0.25) is 0 Å². The molecule has 0 bridgehead atoms. The summed E-state index contributed by atoms with van der Waals surface area (Å²) in [4.78, 5) is 14.8. The molecule has 0 radical (unpaired) electrons. The Morgan fingerprint density at radius 1 is 0.240 bits per heavy atom. The molecule has 3 nitrogen and oxygen atoms in total. The highest BCUT2D eigenvalue weighted by Gasteiger charge is 2.15. The molecular formula is C47H29N3. The van der Waals surface area contributed by atoms with Crippen molar-refractivity contribution < 1.29 is 0 Å². The molecule has 0 fully saturated rings. The van der Waals surface area contributed by atoms with Crippen molar-refractivity contribution in [1.82, 2.24) is 15.0 Å². The Labute approximate surface area is 289 Å². The molecule has 0 saturated heterocycles. The molecule has 0 unspecified atom stereocenters. The van der Waals surface area contributed by atoms with Gasteiger partial charge in [0.15, 0.2) is 17.5 Å². The summed E-state index contributed by atoms with van der Waals surface area (Å²) in [6.45, 7) is 0. The van der Waals surface area contributed by atoms with Gasteiger partial charge < -0.3 is 0 Å². The van der Waals surface area contributed by atoms with E-state index in [1.165, 1.54) is 59.4 Å². The maximum atomic E-state index is 4.95. The fourth-order valence-electron chi connectivity index (χ4n) is 7.50. The Kier molecular flexibility index (Phi) is 6.49. The Morgan fingerprint density at radius 2 is 0.660 bits per heavy atom. The molecule has 0 atom stereocenters. The number of rotatable bonds is 4. The van der Waals surface area contributed by atoms with Crippen molar-refractivity contribution in [2.24, 2.45) is 0 Å². The summed E-state index contributed by atoms with van der Waals surface area (Å²) in [6.07, 6.45) is 0. The average molecular weight is 636 g/mol. The minimum atomic E-state index is 0.650. The predicted octanol–water partition coefficient (Wildman–Crippen LogP) is 12.3. The summed E-state index contributed by atoms with van der Waals surface area (Å²) in [7, 11) is 0. The third-order valence-electron chi connectivity index (χ3n) is 9.86. The first-order valence-electron chi connectivity index (χ1n) is 16.9. The van der Waals surface area contributed by atoms with Crippen LogP contribution < -0.4 is 0 Å². The molecule has 50 heavy (non-hydrogen) atoms. The molecule has 0 amide bonds. The number of fused-ring (bicyclic) bond motifs is 5. The lowest BCUT2D eigenvalue weighted by atomic mass is 9.88. The summed E-state index contributed by atoms with van der Waals surface area (Å²) < 4.78 is 0. The molecule has 0 saturated carbocycles. The molecule has 0 aliphatic heterocycles. The second-order valence-corrected chi connectivity index (χ2v) is 12.8. The molecule has 232 valence electrons. The molecule has 0 aliphatic rings. The number of hydrogen-bond acceptors (Lipinski definition) is 3. The zero-order chi connectivity index (χ0) is 33.0. The van der Waals surface area contributed by atoms with Gasteiger partial charge in [-0.15, -0.1) is 0 Å². The van der Waals surface area contributed by atoms with E-state index in [4.69, 9.17) is 15.0 Å². The lowest BCUT2D eigenvalue weighted by Gasteiger charge is -2.15. The van der Waals surface area contributed by atoms with Crippen LogP contribution in [0.4, 0.5) is 0 Å². The Balaban J connectivity index is 1.18. The van der Waals surface area contributed by atoms with Gasteiger partial charge in [-0.05, 0) is 77.1 Å². The minimum absolute atomic E-state index is 0.650. The molecule has 0 aliphatic carbocycles. The fourth-order valence-corrected chi connectivity index (χ4v) is 7.50. The first kappa shape index (κ1) is 28.3. The normalized spacial score (nSPS) is 11.6. The third kappa shape index (κ3) is 4.63. The van der Waals surface area contributed by atoms with Crippen molar-refractivity contribution in [3.63, 3.8) is 0 Å². The van der Waals surface area contributed by atoms with Crippen molar-refractivity contribution in [3.8, 4) is 45.3 Å². The highest BCUT2D eigenvalue weighted by atomic mass is 15.0. The van der Waals surface area contributed by atoms with E-state index >= 15 is 0 Å². The zero-order valence-corrected chi connectivity index (χ0v) is 27.1. The van der Waals surface area contributed by atoms with Crippen LogP contribution in [0.3, 0.4) is 0 Å². The molecule has 0 spiro atoms. The van der Waals surface area contributed by atoms with E-state index in [1.807, 2.05) is 60.7 Å². The van der Waals surface area contributed by atoms with Crippen LogP contribution in [0.1, 0.15) is 0 Å². The maximum absolute atomic E-state index is 4.95. The van der Waals surface area contributed by atoms with Gasteiger partial charge in [0.1, 0.15) is 0 Å². The third-order valence-corrected chi connectivity index (χ3v) is 9.86. The molecule has 3 heteroatoms. The van der Waals surface area contributed by atoms with Crippen LogP contribution in [-0.2, 0) is 0 Å². The van der Waals surface area contributed by atoms with Crippen molar-refractivity contribution in [2.75, 3.05) is 0 Å². The number of nitrogens with zero attached hydrogens (tertiary/aromatic N) is 3. The second kappa shape index (κ2) is 11.5. The van der Waals surface area contributed by atoms with Gasteiger partial charge in [0.25, 0.3) is 0 Å². The highest BCUT2D eigenvalue weighted by molar-refractivity contribution is 6.33. The van der Waals surface area contributed by atoms with Crippen LogP contribution in [0.15, 0.2) is 176 Å². The van der Waals surface area contributed by atoms with E-state index in [0.717, 1.165) is 22.3 Å². The van der Waals surface area contributed by atoms with Crippen LogP contribution >= 0.6 is 0 Å². The maximum Gasteiger partial charge on any atom is 0.164 e. The van der Waals surface area contributed by atoms with Crippen LogP contribution in [0.25, 0.3) is 99.2 Å². The molecule has 0 N–H and O–H groups in total. The van der Waals surface area contributed by atoms with Gasteiger partial charge >= 0.3 is 0 Å². The summed E-state index contributed by atoms with van der Waals surface area (Å²) in [5, 5.41) is 12.6. The lowest BCUT2D eigenvalue weighted by molar-refractivity contribution is 1.07. The minimum Gasteiger partial charge on any atom is -0.208 e. The van der Waals surface area contributed by atoms with E-state index in [9.17, 15) is 0 Å². The molecule has 1 heterocycles. The van der Waals surface area contributed by atoms with Gasteiger partial charge in [-0.3, -0.25) is 0 Å². The van der Waals surface area contributed by atoms with Crippen LogP contribution in [-0.4, -0.2) is 15.0 Å². The SMILES string of the molecule is c1ccc(-c2nc(-c3ccccc3)nc(-c3ccc(-c4cc5ccc6cccc7c8ccccc8c8ccccc8c(c4)c5c67)cc3)n2)cc1. The molecular weight excluding hydrogens is 607 g/mol. The summed E-state index contributed by atoms with van der Waals surface area (Å²) >= 11 is 0. The van der Waals surface area contributed by atoms with Gasteiger partial charge in [-0.1, -0.05) is 164 Å². The standard InChI is InChI=1S/C47H29N3/c1-3-12-32(13-4-1)45-48-46(33-14-5-2-6-15-33)50-47(49-45)34-25-22-30(23-26-34)36-28-35-27-24-31-16-11-21-41-39-19-9-7-17-37(39)38-18-8-10-20-40(38)42(29-36)44(35)43(31)41/h1-29H. The van der Waals surface area contributed by atoms with E-state index in [1.54, 1.807) is 0 Å². The number of hydrogen-bond donors (Lipinski definition) is 0. The quantitative estimate of drug-likeness (QED) is 0.181. The van der Waals surface area contributed by atoms with E-state index < -0.39 is 0 Å². The molecule has 10 aromatic rings. The first-order chi connectivity index (χ1) is 24.8. The van der Waals surface area contributed by atoms with Crippen molar-refractivity contribution >= 4 is 53.9 Å². The topological polar surface area (TPSA) is 38.7 Å². The first-order valence-corrected chi connectivity index (χ1v) is 16.9. The highest BCUT2D eigenvalue weighted by Crippen LogP contribution is 2.42. The van der Waals surface area contributed by atoms with Crippen LogP contribution in [0.2, 0.25) is 0 Å². The van der Waals surface area contributed by atoms with Gasteiger partial charge in [0.05, 0.1) is 0 Å². The number of aromatic nitrogens is 3. The van der Waals surface area contributed by atoms with Crippen molar-refractivity contribution in [2.45, 2.75) is 0 Å². The van der Waals surface area contributed by atoms with E-state index in [2.05, 4.69) is 115 Å². The Hall–Kier alpha value is -6.71. The Morgan fingerprint density at radius 3 is 1.24 bits per heavy atom.